The van der Waals surface area contributed by atoms with Crippen molar-refractivity contribution in [2.75, 3.05) is 12.8 Å². The zero-order valence-corrected chi connectivity index (χ0v) is 10.8. The Hall–Kier alpha value is -2.27. The number of rotatable bonds is 3. The molecule has 0 aliphatic rings. The summed E-state index contributed by atoms with van der Waals surface area (Å²) in [6.07, 6.45) is 1.49. The molecule has 0 spiro atoms. The Labute approximate surface area is 114 Å². The van der Waals surface area contributed by atoms with Gasteiger partial charge in [-0.1, -0.05) is 11.6 Å². The Morgan fingerprint density at radius 1 is 1.42 bits per heavy atom. The van der Waals surface area contributed by atoms with E-state index in [4.69, 9.17) is 27.2 Å². The molecule has 5 nitrogen and oxygen atoms in total. The molecular formula is C13H11ClN2O3. The molecule has 0 saturated heterocycles. The van der Waals surface area contributed by atoms with Crippen molar-refractivity contribution in [3.05, 3.63) is 41.0 Å². The summed E-state index contributed by atoms with van der Waals surface area (Å²) in [6.45, 7) is 0. The van der Waals surface area contributed by atoms with E-state index >= 15 is 0 Å². The van der Waals surface area contributed by atoms with Crippen molar-refractivity contribution in [3.63, 3.8) is 0 Å². The molecule has 2 rings (SSSR count). The Balaban J connectivity index is 2.59. The molecule has 0 unspecified atom stereocenters. The maximum Gasteiger partial charge on any atom is 0.339 e. The normalized spacial score (nSPS) is 10.2. The molecule has 19 heavy (non-hydrogen) atoms. The van der Waals surface area contributed by atoms with E-state index in [0.717, 1.165) is 0 Å². The predicted octanol–water partition coefficient (Wildman–Crippen LogP) is 2.69. The second kappa shape index (κ2) is 5.16. The summed E-state index contributed by atoms with van der Waals surface area (Å²) in [5.74, 6) is -0.612. The van der Waals surface area contributed by atoms with Crippen LogP contribution in [0, 0.1) is 0 Å². The first-order chi connectivity index (χ1) is 9.02. The number of aromatic carboxylic acids is 1. The number of nitrogens with zero attached hydrogens (tertiary/aromatic N) is 1. The minimum Gasteiger partial charge on any atom is -0.496 e. The van der Waals surface area contributed by atoms with Gasteiger partial charge in [-0.2, -0.15) is 0 Å². The third-order valence-corrected chi connectivity index (χ3v) is 2.86. The number of pyridine rings is 1. The molecule has 1 aromatic heterocycles. The maximum atomic E-state index is 11.0. The van der Waals surface area contributed by atoms with Gasteiger partial charge in [-0.3, -0.25) is 0 Å². The van der Waals surface area contributed by atoms with Crippen molar-refractivity contribution in [3.8, 4) is 16.9 Å². The number of nitrogens with two attached hydrogens (primary N) is 1. The van der Waals surface area contributed by atoms with Crippen LogP contribution < -0.4 is 10.5 Å². The fourth-order valence-electron chi connectivity index (χ4n) is 1.70. The first-order valence-corrected chi connectivity index (χ1v) is 5.73. The molecule has 0 saturated carbocycles. The summed E-state index contributed by atoms with van der Waals surface area (Å²) in [7, 11) is 1.51. The lowest BCUT2D eigenvalue weighted by atomic mass is 10.0. The number of aromatic nitrogens is 1. The molecule has 98 valence electrons. The number of carboxylic acid groups (broad SMARTS) is 1. The van der Waals surface area contributed by atoms with Gasteiger partial charge >= 0.3 is 5.97 Å². The number of halogens is 1. The molecule has 1 heterocycles. The van der Waals surface area contributed by atoms with E-state index in [9.17, 15) is 4.79 Å². The highest BCUT2D eigenvalue weighted by Crippen LogP contribution is 2.33. The average molecular weight is 279 g/mol. The number of hydrogen-bond donors (Lipinski definition) is 2. The molecule has 0 atom stereocenters. The minimum absolute atomic E-state index is 0.0239. The minimum atomic E-state index is -1.13. The van der Waals surface area contributed by atoms with Crippen molar-refractivity contribution >= 4 is 23.4 Å². The monoisotopic (exact) mass is 278 g/mol. The van der Waals surface area contributed by atoms with Crippen LogP contribution in [-0.4, -0.2) is 23.2 Å². The van der Waals surface area contributed by atoms with Crippen molar-refractivity contribution in [2.45, 2.75) is 0 Å². The van der Waals surface area contributed by atoms with Crippen molar-refractivity contribution < 1.29 is 14.6 Å². The van der Waals surface area contributed by atoms with Gasteiger partial charge in [0.1, 0.15) is 17.1 Å². The van der Waals surface area contributed by atoms with Crippen LogP contribution in [0.3, 0.4) is 0 Å². The molecule has 6 heteroatoms. The number of carboxylic acids is 1. The largest absolute Gasteiger partial charge is 0.496 e. The Morgan fingerprint density at radius 3 is 2.79 bits per heavy atom. The first-order valence-electron chi connectivity index (χ1n) is 5.35. The highest BCUT2D eigenvalue weighted by atomic mass is 35.5. The van der Waals surface area contributed by atoms with Crippen LogP contribution in [0.25, 0.3) is 11.1 Å². The third-order valence-electron chi connectivity index (χ3n) is 2.62. The second-order valence-corrected chi connectivity index (χ2v) is 4.24. The summed E-state index contributed by atoms with van der Waals surface area (Å²) in [5, 5.41) is 9.57. The quantitative estimate of drug-likeness (QED) is 0.901. The van der Waals surface area contributed by atoms with E-state index in [1.807, 2.05) is 0 Å². The molecule has 0 aliphatic carbocycles. The van der Waals surface area contributed by atoms with Crippen LogP contribution in [0.5, 0.6) is 5.75 Å². The van der Waals surface area contributed by atoms with Crippen LogP contribution in [0.1, 0.15) is 10.4 Å². The SMILES string of the molecule is COc1cc(Cl)ccc1-c1cnc(N)c(C(=O)O)c1. The standard InChI is InChI=1S/C13H11ClN2O3/c1-19-11-5-8(14)2-3-9(11)7-4-10(13(17)18)12(15)16-6-7/h2-6H,1H3,(H2,15,16)(H,17,18). The number of nitrogen functional groups attached to an aromatic ring is 1. The number of methoxy groups -OCH3 is 1. The van der Waals surface area contributed by atoms with Gasteiger partial charge in [0.05, 0.1) is 7.11 Å². The highest BCUT2D eigenvalue weighted by Gasteiger charge is 2.13. The second-order valence-electron chi connectivity index (χ2n) is 3.81. The molecule has 2 aromatic rings. The smallest absolute Gasteiger partial charge is 0.339 e. The van der Waals surface area contributed by atoms with Crippen LogP contribution in [0.15, 0.2) is 30.5 Å². The average Bonchev–Trinajstić information content (AvgIpc) is 2.39. The van der Waals surface area contributed by atoms with Gasteiger partial charge in [-0.15, -0.1) is 0 Å². The lowest BCUT2D eigenvalue weighted by Crippen LogP contribution is -2.04. The Morgan fingerprint density at radius 2 is 2.16 bits per heavy atom. The van der Waals surface area contributed by atoms with Gasteiger partial charge in [-0.25, -0.2) is 9.78 Å². The number of anilines is 1. The van der Waals surface area contributed by atoms with Gasteiger partial charge in [0.25, 0.3) is 0 Å². The summed E-state index contributed by atoms with van der Waals surface area (Å²) < 4.78 is 5.22. The van der Waals surface area contributed by atoms with E-state index in [2.05, 4.69) is 4.98 Å². The number of carbonyl (C=O) groups is 1. The molecule has 0 amide bonds. The molecule has 0 bridgehead atoms. The Bertz CT molecular complexity index is 644. The van der Waals surface area contributed by atoms with Crippen LogP contribution in [-0.2, 0) is 0 Å². The topological polar surface area (TPSA) is 85.4 Å². The zero-order chi connectivity index (χ0) is 14.0. The fraction of sp³-hybridized carbons (Fsp3) is 0.0769. The summed E-state index contributed by atoms with van der Waals surface area (Å²) >= 11 is 5.88. The van der Waals surface area contributed by atoms with E-state index in [1.165, 1.54) is 19.4 Å². The third kappa shape index (κ3) is 2.61. The summed E-state index contributed by atoms with van der Waals surface area (Å²) in [6, 6.07) is 6.53. The summed E-state index contributed by atoms with van der Waals surface area (Å²) in [4.78, 5) is 14.9. The zero-order valence-electron chi connectivity index (χ0n) is 10.1. The molecule has 3 N–H and O–H groups in total. The molecule has 0 aliphatic heterocycles. The fourth-order valence-corrected chi connectivity index (χ4v) is 1.86. The molecule has 1 aromatic carbocycles. The van der Waals surface area contributed by atoms with Crippen LogP contribution in [0.4, 0.5) is 5.82 Å². The first kappa shape index (κ1) is 13.2. The lowest BCUT2D eigenvalue weighted by molar-refractivity contribution is 0.0697. The van der Waals surface area contributed by atoms with E-state index in [1.54, 1.807) is 18.2 Å². The van der Waals surface area contributed by atoms with Gasteiger partial charge in [0.15, 0.2) is 0 Å². The van der Waals surface area contributed by atoms with E-state index < -0.39 is 5.97 Å². The van der Waals surface area contributed by atoms with Crippen LogP contribution in [0.2, 0.25) is 5.02 Å². The number of benzene rings is 1. The predicted molar refractivity (Wildman–Crippen MR) is 72.6 cm³/mol. The van der Waals surface area contributed by atoms with Gasteiger partial charge in [0.2, 0.25) is 0 Å². The number of hydrogen-bond acceptors (Lipinski definition) is 4. The molecule has 0 radical (unpaired) electrons. The maximum absolute atomic E-state index is 11.0. The van der Waals surface area contributed by atoms with E-state index in [-0.39, 0.29) is 11.4 Å². The van der Waals surface area contributed by atoms with Crippen molar-refractivity contribution in [2.24, 2.45) is 0 Å². The van der Waals surface area contributed by atoms with Crippen molar-refractivity contribution in [1.29, 1.82) is 0 Å². The highest BCUT2D eigenvalue weighted by molar-refractivity contribution is 6.30. The van der Waals surface area contributed by atoms with Gasteiger partial charge < -0.3 is 15.6 Å². The Kier molecular flexibility index (Phi) is 3.57. The molecule has 0 fully saturated rings. The summed E-state index contributed by atoms with van der Waals surface area (Å²) in [5.41, 5.74) is 6.77. The lowest BCUT2D eigenvalue weighted by Gasteiger charge is -2.10. The van der Waals surface area contributed by atoms with Crippen molar-refractivity contribution in [1.82, 2.24) is 4.98 Å². The van der Waals surface area contributed by atoms with E-state index in [0.29, 0.717) is 21.9 Å². The van der Waals surface area contributed by atoms with Gasteiger partial charge in [0, 0.05) is 22.3 Å². The van der Waals surface area contributed by atoms with Gasteiger partial charge in [-0.05, 0) is 24.3 Å². The van der Waals surface area contributed by atoms with Crippen LogP contribution >= 0.6 is 11.6 Å². The molecular weight excluding hydrogens is 268 g/mol. The number of ether oxygens (including phenoxy) is 1.